The molecule has 0 saturated carbocycles. The fourth-order valence-corrected chi connectivity index (χ4v) is 4.35. The Morgan fingerprint density at radius 2 is 1.93 bits per heavy atom. The van der Waals surface area contributed by atoms with Crippen LogP contribution in [0, 0.1) is 5.82 Å². The summed E-state index contributed by atoms with van der Waals surface area (Å²) in [7, 11) is 3.12. The summed E-state index contributed by atoms with van der Waals surface area (Å²) in [6, 6.07) is 9.50. The molecule has 0 atom stereocenters. The van der Waals surface area contributed by atoms with Crippen molar-refractivity contribution in [2.75, 3.05) is 20.8 Å². The van der Waals surface area contributed by atoms with Gasteiger partial charge in [-0.3, -0.25) is 9.69 Å². The van der Waals surface area contributed by atoms with Crippen molar-refractivity contribution in [3.63, 3.8) is 0 Å². The molecular formula is C20H18BrFN2O3S. The van der Waals surface area contributed by atoms with Crippen molar-refractivity contribution >= 4 is 50.5 Å². The lowest BCUT2D eigenvalue weighted by Gasteiger charge is -2.12. The number of hydrogen-bond donors (Lipinski definition) is 0. The van der Waals surface area contributed by atoms with Crippen LogP contribution in [0.1, 0.15) is 12.5 Å². The molecule has 5 nitrogen and oxygen atoms in total. The second kappa shape index (κ2) is 8.79. The Balaban J connectivity index is 1.96. The highest BCUT2D eigenvalue weighted by atomic mass is 79.9. The molecule has 1 fully saturated rings. The quantitative estimate of drug-likeness (QED) is 0.568. The van der Waals surface area contributed by atoms with Crippen LogP contribution in [0.4, 0.5) is 10.1 Å². The molecule has 2 aromatic carbocycles. The minimum atomic E-state index is -0.328. The lowest BCUT2D eigenvalue weighted by Crippen LogP contribution is -2.28. The zero-order valence-electron chi connectivity index (χ0n) is 15.5. The van der Waals surface area contributed by atoms with Crippen LogP contribution in [-0.4, -0.2) is 36.7 Å². The second-order valence-electron chi connectivity index (χ2n) is 5.77. The topological polar surface area (TPSA) is 51.1 Å². The summed E-state index contributed by atoms with van der Waals surface area (Å²) in [5.41, 5.74) is 1.38. The van der Waals surface area contributed by atoms with E-state index in [1.54, 1.807) is 43.4 Å². The van der Waals surface area contributed by atoms with E-state index in [4.69, 9.17) is 9.47 Å². The number of methoxy groups -OCH3 is 2. The van der Waals surface area contributed by atoms with Crippen molar-refractivity contribution < 1.29 is 18.7 Å². The number of ether oxygens (including phenoxy) is 2. The molecule has 1 aliphatic heterocycles. The third-order valence-electron chi connectivity index (χ3n) is 4.01. The van der Waals surface area contributed by atoms with Gasteiger partial charge in [-0.2, -0.15) is 0 Å². The number of likely N-dealkylation sites (N-methyl/N-ethyl adjacent to an activating group) is 1. The number of carbonyl (C=O) groups excluding carboxylic acids is 1. The van der Waals surface area contributed by atoms with Crippen LogP contribution < -0.4 is 9.47 Å². The Morgan fingerprint density at radius 3 is 2.54 bits per heavy atom. The maximum Gasteiger partial charge on any atom is 0.266 e. The summed E-state index contributed by atoms with van der Waals surface area (Å²) in [5.74, 6) is 0.695. The van der Waals surface area contributed by atoms with E-state index in [0.717, 1.165) is 10.0 Å². The molecule has 1 heterocycles. The first-order chi connectivity index (χ1) is 13.5. The van der Waals surface area contributed by atoms with Crippen LogP contribution >= 0.6 is 27.7 Å². The number of aliphatic imine (C=N–C) groups is 1. The van der Waals surface area contributed by atoms with E-state index in [0.29, 0.717) is 33.8 Å². The lowest BCUT2D eigenvalue weighted by molar-refractivity contribution is -0.122. The van der Waals surface area contributed by atoms with Gasteiger partial charge in [-0.25, -0.2) is 9.38 Å². The first kappa shape index (κ1) is 20.4. The van der Waals surface area contributed by atoms with Gasteiger partial charge >= 0.3 is 0 Å². The first-order valence-corrected chi connectivity index (χ1v) is 10.0. The molecule has 0 bridgehead atoms. The number of rotatable bonds is 5. The SMILES string of the molecule is CCN1C(=O)/C(=C/c2cc(Br)c(OC)c(OC)c2)SC1=Nc1ccc(F)cc1. The summed E-state index contributed by atoms with van der Waals surface area (Å²) in [6.07, 6.45) is 1.79. The summed E-state index contributed by atoms with van der Waals surface area (Å²) in [5, 5.41) is 0.560. The van der Waals surface area contributed by atoms with Gasteiger partial charge < -0.3 is 9.47 Å². The predicted molar refractivity (Wildman–Crippen MR) is 114 cm³/mol. The number of nitrogens with zero attached hydrogens (tertiary/aromatic N) is 2. The van der Waals surface area contributed by atoms with Crippen molar-refractivity contribution in [3.05, 3.63) is 57.2 Å². The minimum Gasteiger partial charge on any atom is -0.493 e. The van der Waals surface area contributed by atoms with Gasteiger partial charge in [-0.15, -0.1) is 0 Å². The highest BCUT2D eigenvalue weighted by molar-refractivity contribution is 9.10. The number of thioether (sulfide) groups is 1. The first-order valence-electron chi connectivity index (χ1n) is 8.44. The predicted octanol–water partition coefficient (Wildman–Crippen LogP) is 5.23. The third-order valence-corrected chi connectivity index (χ3v) is 5.61. The monoisotopic (exact) mass is 464 g/mol. The number of carbonyl (C=O) groups is 1. The van der Waals surface area contributed by atoms with Gasteiger partial charge in [0.15, 0.2) is 16.7 Å². The number of hydrogen-bond acceptors (Lipinski definition) is 5. The van der Waals surface area contributed by atoms with E-state index in [1.807, 2.05) is 13.0 Å². The van der Waals surface area contributed by atoms with Crippen molar-refractivity contribution in [2.45, 2.75) is 6.92 Å². The van der Waals surface area contributed by atoms with Gasteiger partial charge in [0, 0.05) is 6.54 Å². The van der Waals surface area contributed by atoms with Gasteiger partial charge in [0.25, 0.3) is 5.91 Å². The smallest absolute Gasteiger partial charge is 0.266 e. The number of amides is 1. The molecule has 28 heavy (non-hydrogen) atoms. The Bertz CT molecular complexity index is 961. The van der Waals surface area contributed by atoms with Gasteiger partial charge in [0.05, 0.1) is 29.3 Å². The van der Waals surface area contributed by atoms with Gasteiger partial charge in [0.2, 0.25) is 0 Å². The van der Waals surface area contributed by atoms with Gasteiger partial charge in [-0.1, -0.05) is 0 Å². The van der Waals surface area contributed by atoms with Gasteiger partial charge in [0.1, 0.15) is 5.82 Å². The Morgan fingerprint density at radius 1 is 1.21 bits per heavy atom. The van der Waals surface area contributed by atoms with Crippen molar-refractivity contribution in [1.82, 2.24) is 4.90 Å². The highest BCUT2D eigenvalue weighted by Crippen LogP contribution is 2.39. The maximum absolute atomic E-state index is 13.1. The summed E-state index contributed by atoms with van der Waals surface area (Å²) in [4.78, 5) is 19.4. The zero-order chi connectivity index (χ0) is 20.3. The zero-order valence-corrected chi connectivity index (χ0v) is 17.9. The molecule has 1 saturated heterocycles. The molecule has 8 heteroatoms. The molecule has 0 N–H and O–H groups in total. The second-order valence-corrected chi connectivity index (χ2v) is 7.63. The lowest BCUT2D eigenvalue weighted by atomic mass is 10.2. The van der Waals surface area contributed by atoms with Crippen LogP contribution in [0.15, 0.2) is 50.8 Å². The molecule has 0 unspecified atom stereocenters. The average molecular weight is 465 g/mol. The largest absolute Gasteiger partial charge is 0.493 e. The summed E-state index contributed by atoms with van der Waals surface area (Å²) < 4.78 is 24.5. The van der Waals surface area contributed by atoms with Crippen molar-refractivity contribution in [2.24, 2.45) is 4.99 Å². The van der Waals surface area contributed by atoms with E-state index < -0.39 is 0 Å². The molecule has 0 radical (unpaired) electrons. The molecule has 1 amide bonds. The molecule has 3 rings (SSSR count). The third kappa shape index (κ3) is 4.23. The van der Waals surface area contributed by atoms with E-state index in [-0.39, 0.29) is 11.7 Å². The fourth-order valence-electron chi connectivity index (χ4n) is 2.67. The Labute approximate surface area is 175 Å². The van der Waals surface area contributed by atoms with Crippen LogP contribution in [-0.2, 0) is 4.79 Å². The Kier molecular flexibility index (Phi) is 6.41. The standard InChI is InChI=1S/C20H18BrFN2O3S/c1-4-24-19(25)17(28-20(24)23-14-7-5-13(22)6-8-14)11-12-9-15(21)18(27-3)16(10-12)26-2/h5-11H,4H2,1-3H3/b17-11-,23-20?. The van der Waals surface area contributed by atoms with E-state index in [1.165, 1.54) is 23.9 Å². The molecule has 0 spiro atoms. The summed E-state index contributed by atoms with van der Waals surface area (Å²) >= 11 is 4.74. The van der Waals surface area contributed by atoms with E-state index in [2.05, 4.69) is 20.9 Å². The molecule has 146 valence electrons. The van der Waals surface area contributed by atoms with Crippen LogP contribution in [0.5, 0.6) is 11.5 Å². The normalized spacial score (nSPS) is 16.9. The van der Waals surface area contributed by atoms with Crippen LogP contribution in [0.2, 0.25) is 0 Å². The molecular weight excluding hydrogens is 447 g/mol. The van der Waals surface area contributed by atoms with E-state index >= 15 is 0 Å². The number of amidine groups is 1. The Hall–Kier alpha value is -2.32. The molecule has 2 aromatic rings. The van der Waals surface area contributed by atoms with Crippen LogP contribution in [0.25, 0.3) is 6.08 Å². The highest BCUT2D eigenvalue weighted by Gasteiger charge is 2.32. The maximum atomic E-state index is 13.1. The average Bonchev–Trinajstić information content (AvgIpc) is 2.97. The summed E-state index contributed by atoms with van der Waals surface area (Å²) in [6.45, 7) is 2.37. The van der Waals surface area contributed by atoms with Gasteiger partial charge in [-0.05, 0) is 82.7 Å². The minimum absolute atomic E-state index is 0.126. The van der Waals surface area contributed by atoms with E-state index in [9.17, 15) is 9.18 Å². The fraction of sp³-hybridized carbons (Fsp3) is 0.200. The molecule has 0 aromatic heterocycles. The van der Waals surface area contributed by atoms with Crippen molar-refractivity contribution in [1.29, 1.82) is 0 Å². The number of benzene rings is 2. The number of halogens is 2. The van der Waals surface area contributed by atoms with Crippen molar-refractivity contribution in [3.8, 4) is 11.5 Å². The molecule has 0 aliphatic carbocycles. The van der Waals surface area contributed by atoms with Crippen LogP contribution in [0.3, 0.4) is 0 Å². The molecule has 1 aliphatic rings.